The number of benzene rings is 1. The van der Waals surface area contributed by atoms with Gasteiger partial charge in [0.1, 0.15) is 43.2 Å². The molecule has 1 saturated heterocycles. The van der Waals surface area contributed by atoms with E-state index >= 15 is 0 Å². The van der Waals surface area contributed by atoms with Crippen LogP contribution >= 0.6 is 0 Å². The third-order valence-corrected chi connectivity index (χ3v) is 7.38. The van der Waals surface area contributed by atoms with Gasteiger partial charge in [0.25, 0.3) is 11.2 Å². The highest BCUT2D eigenvalue weighted by atomic mass is 35.5. The molecular weight excluding hydrogens is 545 g/mol. The van der Waals surface area contributed by atoms with E-state index in [1.807, 2.05) is 41.0 Å². The van der Waals surface area contributed by atoms with Gasteiger partial charge >= 0.3 is 0 Å². The zero-order chi connectivity index (χ0) is 26.1. The summed E-state index contributed by atoms with van der Waals surface area (Å²) >= 11 is 0. The molecule has 210 valence electrons. The van der Waals surface area contributed by atoms with E-state index in [1.54, 1.807) is 25.3 Å². The molecule has 0 amide bonds. The number of pyridine rings is 1. The number of aromatic nitrogens is 4. The average Bonchev–Trinajstić information content (AvgIpc) is 3.27. The Labute approximate surface area is 238 Å². The van der Waals surface area contributed by atoms with Crippen LogP contribution in [0.4, 0.5) is 11.4 Å². The molecule has 39 heavy (non-hydrogen) atoms. The van der Waals surface area contributed by atoms with Crippen molar-refractivity contribution in [2.75, 3.05) is 39.8 Å². The Morgan fingerprint density at radius 2 is 1.74 bits per heavy atom. The molecule has 4 aromatic rings. The van der Waals surface area contributed by atoms with Gasteiger partial charge in [-0.25, -0.2) is 4.98 Å². The Morgan fingerprint density at radius 1 is 1.05 bits per heavy atom. The van der Waals surface area contributed by atoms with E-state index in [0.717, 1.165) is 61.9 Å². The first-order chi connectivity index (χ1) is 17.9. The van der Waals surface area contributed by atoms with Crippen molar-refractivity contribution in [1.82, 2.24) is 18.9 Å². The van der Waals surface area contributed by atoms with E-state index in [9.17, 15) is 14.9 Å². The first-order valence-electron chi connectivity index (χ1n) is 12.8. The lowest BCUT2D eigenvalue weighted by Gasteiger charge is -2.29. The Hall–Kier alpha value is -3.25. The minimum atomic E-state index is -0.364. The number of rotatable bonds is 8. The number of quaternary nitrogens is 2. The van der Waals surface area contributed by atoms with Crippen molar-refractivity contribution in [3.63, 3.8) is 0 Å². The maximum absolute atomic E-state index is 13.6. The number of nitro benzene ring substituents is 1. The van der Waals surface area contributed by atoms with Gasteiger partial charge in [-0.2, -0.15) is 4.98 Å². The molecule has 4 heterocycles. The molecule has 1 fully saturated rings. The molecule has 2 N–H and O–H groups in total. The number of fused-ring (bicyclic) bond motifs is 3. The standard InChI is InChI=1S/C26H31N7O4.2ClH/c1-4-22-27-18(2)24-26(34)31(21-10-11-23(37-3)28-25(21)32(22)24)13-5-12-29-14-16-30(17-15-29)19-6-8-20(9-7-19)33(35)36;;/h6-11H,4-5,12-17H2,1-3H3;2*1H. The summed E-state index contributed by atoms with van der Waals surface area (Å²) in [5.74, 6) is 1.32. The quantitative estimate of drug-likeness (QED) is 0.159. The van der Waals surface area contributed by atoms with Crippen LogP contribution in [-0.2, 0) is 13.0 Å². The molecular formula is C26H33Cl2N7O4. The van der Waals surface area contributed by atoms with Gasteiger partial charge in [-0.3, -0.25) is 24.2 Å². The van der Waals surface area contributed by atoms with E-state index < -0.39 is 0 Å². The van der Waals surface area contributed by atoms with E-state index in [4.69, 9.17) is 9.72 Å². The molecule has 1 aromatic carbocycles. The molecule has 13 heteroatoms. The zero-order valence-corrected chi connectivity index (χ0v) is 23.8. The molecule has 0 unspecified atom stereocenters. The number of imidazole rings is 1. The topological polar surface area (TPSA) is 113 Å². The fraction of sp³-hybridized carbons (Fsp3) is 0.423. The van der Waals surface area contributed by atoms with Gasteiger partial charge < -0.3 is 39.0 Å². The number of hydrogen-bond donors (Lipinski definition) is 2. The normalized spacial score (nSPS) is 17.0. The molecule has 1 aliphatic heterocycles. The molecule has 5 rings (SSSR count). The minimum Gasteiger partial charge on any atom is -1.00 e. The van der Waals surface area contributed by atoms with Crippen LogP contribution in [0.1, 0.15) is 24.9 Å². The molecule has 1 aliphatic rings. The summed E-state index contributed by atoms with van der Waals surface area (Å²) in [5, 5.41) is 10.9. The summed E-state index contributed by atoms with van der Waals surface area (Å²) in [5.41, 5.74) is 3.97. The lowest BCUT2D eigenvalue weighted by atomic mass is 10.2. The van der Waals surface area contributed by atoms with Crippen molar-refractivity contribution < 1.29 is 44.3 Å². The molecule has 11 nitrogen and oxygen atoms in total. The lowest BCUT2D eigenvalue weighted by Crippen LogP contribution is -3.26. The summed E-state index contributed by atoms with van der Waals surface area (Å²) in [6.45, 7) is 9.45. The largest absolute Gasteiger partial charge is 1.00 e. The highest BCUT2D eigenvalue weighted by Crippen LogP contribution is 2.21. The Balaban J connectivity index is 0.00000210. The third-order valence-electron chi connectivity index (χ3n) is 7.38. The number of nitrogens with one attached hydrogen (secondary N) is 2. The molecule has 0 atom stereocenters. The Kier molecular flexibility index (Phi) is 9.89. The van der Waals surface area contributed by atoms with Crippen LogP contribution in [0.3, 0.4) is 0 Å². The fourth-order valence-electron chi connectivity index (χ4n) is 5.42. The number of methoxy groups -OCH3 is 1. The predicted octanol–water partition coefficient (Wildman–Crippen LogP) is -5.65. The summed E-state index contributed by atoms with van der Waals surface area (Å²) in [7, 11) is 1.59. The van der Waals surface area contributed by atoms with Gasteiger partial charge in [0, 0.05) is 49.7 Å². The van der Waals surface area contributed by atoms with Crippen LogP contribution < -0.4 is 44.9 Å². The number of hydrogen-bond acceptors (Lipinski definition) is 6. The number of piperazine rings is 1. The monoisotopic (exact) mass is 577 g/mol. The van der Waals surface area contributed by atoms with Crippen LogP contribution in [-0.4, -0.2) is 63.7 Å². The van der Waals surface area contributed by atoms with Crippen molar-refractivity contribution in [1.29, 1.82) is 0 Å². The number of aryl methyl sites for hydroxylation is 3. The second-order valence-electron chi connectivity index (χ2n) is 9.57. The second kappa shape index (κ2) is 12.7. The number of halogens is 2. The molecule has 0 spiro atoms. The lowest BCUT2D eigenvalue weighted by molar-refractivity contribution is -0.986. The summed E-state index contributed by atoms with van der Waals surface area (Å²) in [6.07, 6.45) is 1.57. The van der Waals surface area contributed by atoms with Crippen molar-refractivity contribution in [3.8, 4) is 5.88 Å². The highest BCUT2D eigenvalue weighted by Gasteiger charge is 2.25. The van der Waals surface area contributed by atoms with Gasteiger partial charge in [0.2, 0.25) is 5.88 Å². The number of ether oxygens (including phenoxy) is 1. The van der Waals surface area contributed by atoms with Crippen LogP contribution in [0.2, 0.25) is 0 Å². The highest BCUT2D eigenvalue weighted by molar-refractivity contribution is 5.77. The van der Waals surface area contributed by atoms with Gasteiger partial charge in [0.15, 0.2) is 5.65 Å². The molecule has 0 saturated carbocycles. The summed E-state index contributed by atoms with van der Waals surface area (Å²) in [6, 6.07) is 10.6. The molecule has 3 aromatic heterocycles. The third kappa shape index (κ3) is 5.86. The van der Waals surface area contributed by atoms with Gasteiger partial charge in [-0.15, -0.1) is 0 Å². The van der Waals surface area contributed by atoms with Crippen LogP contribution in [0, 0.1) is 17.0 Å². The van der Waals surface area contributed by atoms with Crippen LogP contribution in [0.15, 0.2) is 41.2 Å². The number of nitro groups is 1. The van der Waals surface area contributed by atoms with Crippen molar-refractivity contribution >= 4 is 28.1 Å². The van der Waals surface area contributed by atoms with E-state index in [-0.39, 0.29) is 41.0 Å². The van der Waals surface area contributed by atoms with Gasteiger partial charge in [0.05, 0.1) is 29.8 Å². The van der Waals surface area contributed by atoms with Gasteiger partial charge in [-0.1, -0.05) is 6.92 Å². The van der Waals surface area contributed by atoms with E-state index in [1.165, 1.54) is 9.80 Å². The predicted molar refractivity (Wildman–Crippen MR) is 139 cm³/mol. The maximum Gasteiger partial charge on any atom is 0.277 e. The molecule has 0 aliphatic carbocycles. The second-order valence-corrected chi connectivity index (χ2v) is 9.57. The first kappa shape index (κ1) is 30.3. The molecule has 0 radical (unpaired) electrons. The minimum absolute atomic E-state index is 0. The summed E-state index contributed by atoms with van der Waals surface area (Å²) < 4.78 is 9.09. The SMILES string of the molecule is CCc1nc(C)c2c(=O)n(CCC[NH+]3CC[NH+](c4ccc([N+](=O)[O-])cc4)CC3)c3ccc(OC)nc3n12.[Cl-].[Cl-]. The van der Waals surface area contributed by atoms with E-state index in [2.05, 4.69) is 4.98 Å². The Bertz CT molecular complexity index is 1510. The summed E-state index contributed by atoms with van der Waals surface area (Å²) in [4.78, 5) is 36.3. The number of non-ortho nitro benzene ring substituents is 1. The van der Waals surface area contributed by atoms with Crippen molar-refractivity contribution in [3.05, 3.63) is 68.4 Å². The van der Waals surface area contributed by atoms with Crippen LogP contribution in [0.25, 0.3) is 16.7 Å². The molecule has 0 bridgehead atoms. The first-order valence-corrected chi connectivity index (χ1v) is 12.8. The average molecular weight is 579 g/mol. The van der Waals surface area contributed by atoms with Crippen molar-refractivity contribution in [2.45, 2.75) is 33.2 Å². The van der Waals surface area contributed by atoms with Gasteiger partial charge in [-0.05, 0) is 13.0 Å². The smallest absolute Gasteiger partial charge is 0.277 e. The van der Waals surface area contributed by atoms with Crippen molar-refractivity contribution in [2.24, 2.45) is 0 Å². The maximum atomic E-state index is 13.6. The fourth-order valence-corrected chi connectivity index (χ4v) is 5.42. The Morgan fingerprint density at radius 3 is 2.36 bits per heavy atom. The van der Waals surface area contributed by atoms with Crippen LogP contribution in [0.5, 0.6) is 5.88 Å². The zero-order valence-electron chi connectivity index (χ0n) is 22.2. The van der Waals surface area contributed by atoms with E-state index in [0.29, 0.717) is 30.0 Å². The number of nitrogens with zero attached hydrogens (tertiary/aromatic N) is 5.